The van der Waals surface area contributed by atoms with Crippen molar-refractivity contribution in [2.45, 2.75) is 6.92 Å². The third-order valence-electron chi connectivity index (χ3n) is 5.12. The molecule has 3 aromatic rings. The second-order valence-electron chi connectivity index (χ2n) is 8.15. The number of benzene rings is 3. The van der Waals surface area contributed by atoms with Gasteiger partial charge >= 0.3 is 0 Å². The van der Waals surface area contributed by atoms with E-state index in [2.05, 4.69) is 93.2 Å². The minimum atomic E-state index is -0.0584. The highest BCUT2D eigenvalue weighted by atomic mass is 16.1. The maximum Gasteiger partial charge on any atom is 0.221 e. The molecule has 3 heteroatoms. The van der Waals surface area contributed by atoms with Crippen molar-refractivity contribution in [1.82, 2.24) is 4.48 Å². The Bertz CT molecular complexity index is 1090. The fraction of sp³-hybridized carbons (Fsp3) is 0.160. The molecule has 1 aliphatic carbocycles. The first-order valence-corrected chi connectivity index (χ1v) is 9.48. The fourth-order valence-corrected chi connectivity index (χ4v) is 3.72. The van der Waals surface area contributed by atoms with E-state index in [-0.39, 0.29) is 5.91 Å². The number of rotatable bonds is 3. The van der Waals surface area contributed by atoms with Gasteiger partial charge < -0.3 is 5.32 Å². The van der Waals surface area contributed by atoms with Crippen LogP contribution in [0.2, 0.25) is 0 Å². The monoisotopic (exact) mass is 369 g/mol. The molecule has 3 aromatic carbocycles. The van der Waals surface area contributed by atoms with Crippen LogP contribution in [-0.4, -0.2) is 27.1 Å². The molecule has 0 unspecified atom stereocenters. The Labute approximate surface area is 166 Å². The lowest BCUT2D eigenvalue weighted by Gasteiger charge is -2.23. The molecule has 0 spiro atoms. The number of nitrogens with one attached hydrogen (secondary N) is 1. The van der Waals surface area contributed by atoms with Crippen LogP contribution in [-0.2, 0) is 4.79 Å². The normalized spacial score (nSPS) is 13.9. The summed E-state index contributed by atoms with van der Waals surface area (Å²) in [7, 11) is 6.50. The zero-order valence-electron chi connectivity index (χ0n) is 16.8. The second-order valence-corrected chi connectivity index (χ2v) is 8.15. The summed E-state index contributed by atoms with van der Waals surface area (Å²) in [6.07, 6.45) is 2.24. The molecule has 0 saturated carbocycles. The van der Waals surface area contributed by atoms with E-state index in [0.717, 1.165) is 15.7 Å². The van der Waals surface area contributed by atoms with Gasteiger partial charge in [0.1, 0.15) is 5.69 Å². The van der Waals surface area contributed by atoms with Gasteiger partial charge in [-0.25, -0.2) is 0 Å². The number of anilines is 1. The standard InChI is InChI=1S/C25H24N2O/c1-17(28)26-19-11-14-23-21-7-5-6-8-22(21)24(25(23)16-19)15-18-9-12-20(13-10-18)27(2,3)4/h5-16H,1-4H3/p+1/b24-15+. The van der Waals surface area contributed by atoms with E-state index in [1.807, 2.05) is 6.07 Å². The summed E-state index contributed by atoms with van der Waals surface area (Å²) in [5.74, 6) is -0.0584. The number of fused-ring (bicyclic) bond motifs is 3. The van der Waals surface area contributed by atoms with Gasteiger partial charge in [0, 0.05) is 12.6 Å². The molecule has 0 aliphatic heterocycles. The number of hydrogen-bond donors (Lipinski definition) is 1. The van der Waals surface area contributed by atoms with E-state index in [1.165, 1.54) is 40.4 Å². The Balaban J connectivity index is 1.82. The van der Waals surface area contributed by atoms with E-state index < -0.39 is 0 Å². The second kappa shape index (κ2) is 6.77. The molecule has 3 nitrogen and oxygen atoms in total. The molecule has 0 bridgehead atoms. The number of hydrogen-bond acceptors (Lipinski definition) is 1. The summed E-state index contributed by atoms with van der Waals surface area (Å²) in [6, 6.07) is 23.3. The highest BCUT2D eigenvalue weighted by Gasteiger charge is 2.23. The lowest BCUT2D eigenvalue weighted by Crippen LogP contribution is -2.34. The topological polar surface area (TPSA) is 29.1 Å². The maximum absolute atomic E-state index is 11.5. The van der Waals surface area contributed by atoms with Crippen molar-refractivity contribution in [3.63, 3.8) is 0 Å². The van der Waals surface area contributed by atoms with Crippen LogP contribution in [0.25, 0.3) is 22.8 Å². The highest BCUT2D eigenvalue weighted by Crippen LogP contribution is 2.45. The molecule has 0 atom stereocenters. The van der Waals surface area contributed by atoms with Crippen LogP contribution in [0.3, 0.4) is 0 Å². The minimum absolute atomic E-state index is 0.0584. The SMILES string of the molecule is CC(=O)Nc1ccc2c(c1)/C(=C/c1ccc([N+](C)(C)C)cc1)c1ccccc1-2. The van der Waals surface area contributed by atoms with Gasteiger partial charge in [-0.2, -0.15) is 0 Å². The molecule has 0 fully saturated rings. The molecular formula is C25H25N2O+. The van der Waals surface area contributed by atoms with E-state index in [4.69, 9.17) is 0 Å². The number of carbonyl (C=O) groups excluding carboxylic acids is 1. The third kappa shape index (κ3) is 3.37. The van der Waals surface area contributed by atoms with Crippen LogP contribution in [0.5, 0.6) is 0 Å². The molecule has 1 aliphatic rings. The Hall–Kier alpha value is -3.17. The van der Waals surface area contributed by atoms with Crippen molar-refractivity contribution >= 4 is 28.9 Å². The largest absolute Gasteiger partial charge is 0.326 e. The van der Waals surface area contributed by atoms with Gasteiger partial charge in [0.15, 0.2) is 0 Å². The van der Waals surface area contributed by atoms with Gasteiger partial charge in [0.2, 0.25) is 5.91 Å². The van der Waals surface area contributed by atoms with E-state index in [1.54, 1.807) is 0 Å². The average molecular weight is 369 g/mol. The van der Waals surface area contributed by atoms with E-state index in [0.29, 0.717) is 0 Å². The van der Waals surface area contributed by atoms with Crippen LogP contribution in [0, 0.1) is 0 Å². The van der Waals surface area contributed by atoms with E-state index >= 15 is 0 Å². The molecule has 28 heavy (non-hydrogen) atoms. The van der Waals surface area contributed by atoms with Crippen LogP contribution in [0.1, 0.15) is 23.6 Å². The Morgan fingerprint density at radius 2 is 1.46 bits per heavy atom. The van der Waals surface area contributed by atoms with Gasteiger partial charge in [0.25, 0.3) is 0 Å². The number of quaternary nitrogens is 1. The van der Waals surface area contributed by atoms with Crippen LogP contribution >= 0.6 is 0 Å². The van der Waals surface area contributed by atoms with Gasteiger partial charge in [-0.15, -0.1) is 0 Å². The Morgan fingerprint density at radius 3 is 2.11 bits per heavy atom. The highest BCUT2D eigenvalue weighted by molar-refractivity contribution is 6.07. The molecule has 4 rings (SSSR count). The van der Waals surface area contributed by atoms with Gasteiger partial charge in [-0.3, -0.25) is 9.28 Å². The first-order chi connectivity index (χ1) is 13.3. The zero-order valence-corrected chi connectivity index (χ0v) is 16.8. The van der Waals surface area contributed by atoms with Gasteiger partial charge in [-0.05, 0) is 75.9 Å². The van der Waals surface area contributed by atoms with Crippen LogP contribution in [0.15, 0.2) is 66.7 Å². The lowest BCUT2D eigenvalue weighted by molar-refractivity contribution is -0.114. The van der Waals surface area contributed by atoms with E-state index in [9.17, 15) is 4.79 Å². The van der Waals surface area contributed by atoms with Crippen LogP contribution < -0.4 is 9.80 Å². The molecule has 0 heterocycles. The minimum Gasteiger partial charge on any atom is -0.326 e. The molecular weight excluding hydrogens is 344 g/mol. The summed E-state index contributed by atoms with van der Waals surface area (Å²) in [4.78, 5) is 11.5. The van der Waals surface area contributed by atoms with Crippen molar-refractivity contribution in [1.29, 1.82) is 0 Å². The molecule has 140 valence electrons. The number of carbonyl (C=O) groups is 1. The van der Waals surface area contributed by atoms with Crippen molar-refractivity contribution in [2.24, 2.45) is 0 Å². The van der Waals surface area contributed by atoms with Crippen molar-refractivity contribution in [3.8, 4) is 11.1 Å². The number of nitrogens with zero attached hydrogens (tertiary/aromatic N) is 1. The molecule has 1 N–H and O–H groups in total. The van der Waals surface area contributed by atoms with Crippen molar-refractivity contribution < 1.29 is 4.79 Å². The predicted molar refractivity (Wildman–Crippen MR) is 119 cm³/mol. The molecule has 0 radical (unpaired) electrons. The van der Waals surface area contributed by atoms with Crippen molar-refractivity contribution in [3.05, 3.63) is 83.4 Å². The van der Waals surface area contributed by atoms with Gasteiger partial charge in [0.05, 0.1) is 21.1 Å². The Morgan fingerprint density at radius 1 is 0.821 bits per heavy atom. The lowest BCUT2D eigenvalue weighted by atomic mass is 10.0. The molecule has 0 aromatic heterocycles. The third-order valence-corrected chi connectivity index (χ3v) is 5.12. The quantitative estimate of drug-likeness (QED) is 0.481. The first kappa shape index (κ1) is 18.2. The summed E-state index contributed by atoms with van der Waals surface area (Å²) in [5.41, 5.74) is 9.28. The summed E-state index contributed by atoms with van der Waals surface area (Å²) >= 11 is 0. The van der Waals surface area contributed by atoms with Gasteiger partial charge in [-0.1, -0.05) is 30.3 Å². The smallest absolute Gasteiger partial charge is 0.221 e. The summed E-state index contributed by atoms with van der Waals surface area (Å²) in [5, 5.41) is 2.90. The average Bonchev–Trinajstić information content (AvgIpc) is 2.94. The fourth-order valence-electron chi connectivity index (χ4n) is 3.72. The maximum atomic E-state index is 11.5. The number of amides is 1. The summed E-state index contributed by atoms with van der Waals surface area (Å²) in [6.45, 7) is 1.54. The van der Waals surface area contributed by atoms with Crippen LogP contribution in [0.4, 0.5) is 11.4 Å². The first-order valence-electron chi connectivity index (χ1n) is 9.48. The molecule has 0 saturated heterocycles. The predicted octanol–water partition coefficient (Wildman–Crippen LogP) is 5.41. The molecule has 1 amide bonds. The zero-order chi connectivity index (χ0) is 19.9. The van der Waals surface area contributed by atoms with Crippen molar-refractivity contribution in [2.75, 3.05) is 26.5 Å². The Kier molecular flexibility index (Phi) is 4.40. The summed E-state index contributed by atoms with van der Waals surface area (Å²) < 4.78 is 0.794.